The van der Waals surface area contributed by atoms with E-state index in [1.54, 1.807) is 22.3 Å². The van der Waals surface area contributed by atoms with Crippen molar-refractivity contribution in [2.45, 2.75) is 90.6 Å². The zero-order valence-electron chi connectivity index (χ0n) is 31.5. The largest absolute Gasteiger partial charge is 0.544 e. The highest BCUT2D eigenvalue weighted by atomic mass is 28.4. The van der Waals surface area contributed by atoms with Crippen LogP contribution >= 0.6 is 0 Å². The summed E-state index contributed by atoms with van der Waals surface area (Å²) in [5, 5.41) is 0. The predicted molar refractivity (Wildman–Crippen MR) is 217 cm³/mol. The lowest BCUT2D eigenvalue weighted by Crippen LogP contribution is -2.29. The summed E-state index contributed by atoms with van der Waals surface area (Å²) in [5.41, 5.74) is 11.9. The van der Waals surface area contributed by atoms with Crippen molar-refractivity contribution in [2.24, 2.45) is 23.7 Å². The van der Waals surface area contributed by atoms with E-state index >= 15 is 0 Å². The number of benzene rings is 2. The topological polar surface area (TPSA) is 18.5 Å². The Morgan fingerprint density at radius 3 is 1.18 bits per heavy atom. The van der Waals surface area contributed by atoms with Crippen molar-refractivity contribution >= 4 is 16.6 Å². The number of hydrogen-bond acceptors (Lipinski definition) is 2. The average Bonchev–Trinajstić information content (AvgIpc) is 3.36. The molecule has 0 N–H and O–H groups in total. The van der Waals surface area contributed by atoms with E-state index in [2.05, 4.69) is 162 Å². The first-order chi connectivity index (χ1) is 23.8. The SMILES string of the molecule is CC1=CC2=C(C=CC=CC2c2ccc(O[Si](C)(C)C)cc2)C1C1CCC(C2C(C)=CC3=C2C=CC=CC3c2ccc(O[Si](C)(C)C)cc2)CC1. The van der Waals surface area contributed by atoms with Crippen LogP contribution in [0, 0.1) is 23.7 Å². The van der Waals surface area contributed by atoms with Crippen molar-refractivity contribution in [3.05, 3.63) is 154 Å². The second-order valence-electron chi connectivity index (χ2n) is 17.2. The first kappa shape index (κ1) is 34.8. The molecule has 4 unspecified atom stereocenters. The van der Waals surface area contributed by atoms with E-state index in [4.69, 9.17) is 8.85 Å². The van der Waals surface area contributed by atoms with Crippen LogP contribution in [0.4, 0.5) is 0 Å². The smallest absolute Gasteiger partial charge is 0.242 e. The number of rotatable bonds is 8. The van der Waals surface area contributed by atoms with Gasteiger partial charge in [-0.25, -0.2) is 0 Å². The fraction of sp³-hybridized carbons (Fsp3) is 0.391. The van der Waals surface area contributed by atoms with Crippen molar-refractivity contribution in [3.63, 3.8) is 0 Å². The lowest BCUT2D eigenvalue weighted by molar-refractivity contribution is 0.216. The van der Waals surface area contributed by atoms with Crippen LogP contribution in [0.2, 0.25) is 39.3 Å². The van der Waals surface area contributed by atoms with E-state index in [1.807, 2.05) is 0 Å². The minimum absolute atomic E-state index is 0.279. The van der Waals surface area contributed by atoms with Gasteiger partial charge in [0.15, 0.2) is 0 Å². The molecule has 1 fully saturated rings. The van der Waals surface area contributed by atoms with Crippen LogP contribution in [0.1, 0.15) is 62.5 Å². The molecule has 5 aliphatic rings. The third kappa shape index (κ3) is 7.38. The molecule has 2 aromatic rings. The molecule has 0 bridgehead atoms. The van der Waals surface area contributed by atoms with Gasteiger partial charge in [-0.3, -0.25) is 0 Å². The van der Waals surface area contributed by atoms with E-state index < -0.39 is 16.6 Å². The molecule has 4 heteroatoms. The van der Waals surface area contributed by atoms with E-state index in [-0.39, 0.29) is 11.8 Å². The average molecular weight is 697 g/mol. The molecule has 0 amide bonds. The van der Waals surface area contributed by atoms with Crippen LogP contribution in [0.25, 0.3) is 0 Å². The van der Waals surface area contributed by atoms with Crippen molar-refractivity contribution < 1.29 is 8.85 Å². The molecule has 2 aromatic carbocycles. The van der Waals surface area contributed by atoms with Gasteiger partial charge in [0.25, 0.3) is 0 Å². The molecule has 2 nitrogen and oxygen atoms in total. The standard InChI is InChI=1S/C46H56O2Si2/c1-31-29-43-39(33-21-25-37(26-22-33)47-49(3,4)5)13-9-11-15-41(43)45(31)35-17-19-36(20-18-35)46-32(2)30-44-40(14-10-12-16-42(44)46)34-23-27-38(28-24-34)48-50(6,7)8/h9-16,21-30,35-36,39-40,45-46H,17-20H2,1-8H3. The van der Waals surface area contributed by atoms with Crippen LogP contribution < -0.4 is 8.85 Å². The molecule has 1 saturated carbocycles. The molecule has 5 aliphatic carbocycles. The second-order valence-corrected chi connectivity index (χ2v) is 26.1. The summed E-state index contributed by atoms with van der Waals surface area (Å²) in [7, 11) is -3.27. The Hall–Kier alpha value is -3.61. The van der Waals surface area contributed by atoms with Crippen LogP contribution in [0.5, 0.6) is 11.5 Å². The Labute approximate surface area is 304 Å². The zero-order chi connectivity index (χ0) is 35.2. The monoisotopic (exact) mass is 696 g/mol. The fourth-order valence-corrected chi connectivity index (χ4v) is 11.0. The molecular formula is C46H56O2Si2. The van der Waals surface area contributed by atoms with Gasteiger partial charge in [0.2, 0.25) is 16.6 Å². The van der Waals surface area contributed by atoms with Gasteiger partial charge in [-0.1, -0.05) is 96.2 Å². The highest BCUT2D eigenvalue weighted by Gasteiger charge is 2.40. The van der Waals surface area contributed by atoms with Gasteiger partial charge in [-0.2, -0.15) is 0 Å². The lowest BCUT2D eigenvalue weighted by Gasteiger charge is -2.37. The van der Waals surface area contributed by atoms with Gasteiger partial charge >= 0.3 is 0 Å². The van der Waals surface area contributed by atoms with E-state index in [0.717, 1.165) is 11.5 Å². The third-order valence-electron chi connectivity index (χ3n) is 11.2. The van der Waals surface area contributed by atoms with Crippen LogP contribution in [0.15, 0.2) is 143 Å². The molecule has 0 spiro atoms. The van der Waals surface area contributed by atoms with Gasteiger partial charge in [-0.05, 0) is 148 Å². The summed E-state index contributed by atoms with van der Waals surface area (Å²) in [6.45, 7) is 18.2. The van der Waals surface area contributed by atoms with Crippen LogP contribution in [0.3, 0.4) is 0 Å². The molecule has 7 rings (SSSR count). The van der Waals surface area contributed by atoms with Gasteiger partial charge in [0, 0.05) is 23.7 Å². The van der Waals surface area contributed by atoms with Crippen molar-refractivity contribution in [1.82, 2.24) is 0 Å². The summed E-state index contributed by atoms with van der Waals surface area (Å²) in [5.74, 6) is 4.98. The van der Waals surface area contributed by atoms with E-state index in [0.29, 0.717) is 23.7 Å². The first-order valence-electron chi connectivity index (χ1n) is 19.0. The highest BCUT2D eigenvalue weighted by Crippen LogP contribution is 2.53. The summed E-state index contributed by atoms with van der Waals surface area (Å²) in [6, 6.07) is 17.8. The maximum absolute atomic E-state index is 6.27. The normalized spacial score (nSPS) is 27.8. The summed E-state index contributed by atoms with van der Waals surface area (Å²) >= 11 is 0. The molecule has 0 heterocycles. The van der Waals surface area contributed by atoms with Gasteiger partial charge in [0.1, 0.15) is 11.5 Å². The minimum Gasteiger partial charge on any atom is -0.544 e. The summed E-state index contributed by atoms with van der Waals surface area (Å²) in [4.78, 5) is 0. The molecular weight excluding hydrogens is 641 g/mol. The summed E-state index contributed by atoms with van der Waals surface area (Å²) in [6.07, 6.45) is 28.9. The van der Waals surface area contributed by atoms with Crippen LogP contribution in [-0.2, 0) is 0 Å². The number of hydrogen-bond donors (Lipinski definition) is 0. The Kier molecular flexibility index (Phi) is 9.64. The van der Waals surface area contributed by atoms with Crippen molar-refractivity contribution in [2.75, 3.05) is 0 Å². The minimum atomic E-state index is -1.63. The molecule has 0 saturated heterocycles. The van der Waals surface area contributed by atoms with Gasteiger partial charge in [-0.15, -0.1) is 0 Å². The number of allylic oxidation sites excluding steroid dienone is 16. The molecule has 50 heavy (non-hydrogen) atoms. The lowest BCUT2D eigenvalue weighted by atomic mass is 9.67. The molecule has 260 valence electrons. The van der Waals surface area contributed by atoms with E-state index in [1.165, 1.54) is 48.0 Å². The molecule has 0 aromatic heterocycles. The van der Waals surface area contributed by atoms with Crippen LogP contribution in [-0.4, -0.2) is 16.6 Å². The van der Waals surface area contributed by atoms with Crippen molar-refractivity contribution in [1.29, 1.82) is 0 Å². The maximum Gasteiger partial charge on any atom is 0.242 e. The summed E-state index contributed by atoms with van der Waals surface area (Å²) < 4.78 is 12.5. The Morgan fingerprint density at radius 2 is 0.840 bits per heavy atom. The third-order valence-corrected chi connectivity index (χ3v) is 12.9. The second kappa shape index (κ2) is 13.8. The first-order valence-corrected chi connectivity index (χ1v) is 25.8. The van der Waals surface area contributed by atoms with Gasteiger partial charge < -0.3 is 8.85 Å². The zero-order valence-corrected chi connectivity index (χ0v) is 33.5. The predicted octanol–water partition coefficient (Wildman–Crippen LogP) is 12.8. The Balaban J connectivity index is 1.07. The Bertz CT molecular complexity index is 1700. The van der Waals surface area contributed by atoms with Gasteiger partial charge in [0.05, 0.1) is 0 Å². The van der Waals surface area contributed by atoms with Crippen molar-refractivity contribution in [3.8, 4) is 11.5 Å². The quantitative estimate of drug-likeness (QED) is 0.256. The molecule has 0 aliphatic heterocycles. The molecule has 4 atom stereocenters. The fourth-order valence-electron chi connectivity index (χ4n) is 9.34. The van der Waals surface area contributed by atoms with E-state index in [9.17, 15) is 0 Å². The maximum atomic E-state index is 6.27. The highest BCUT2D eigenvalue weighted by molar-refractivity contribution is 6.70. The molecule has 0 radical (unpaired) electrons. The Morgan fingerprint density at radius 1 is 0.480 bits per heavy atom.